The number of hydrogen-bond acceptors (Lipinski definition) is 4. The molecule has 2 aromatic heterocycles. The van der Waals surface area contributed by atoms with Crippen molar-refractivity contribution in [3.8, 4) is 0 Å². The van der Waals surface area contributed by atoms with Gasteiger partial charge in [0.2, 0.25) is 5.76 Å². The van der Waals surface area contributed by atoms with Crippen molar-refractivity contribution in [3.05, 3.63) is 103 Å². The molecule has 1 atom stereocenters. The standard InChI is InChI=1S/C23H15Cl2NO4/c1-12-8-18-16(10-17(12)25)21(27)19-20(13-4-2-5-14(24)9-13)26(23(28)22(19)30-18)11-15-6-3-7-29-15/h2-10,20H,11H2,1H3. The number of aryl methyl sites for hydroxylation is 1. The van der Waals surface area contributed by atoms with Gasteiger partial charge in [0, 0.05) is 10.0 Å². The third kappa shape index (κ3) is 2.93. The van der Waals surface area contributed by atoms with Crippen LogP contribution in [0.1, 0.15) is 39.0 Å². The third-order valence-electron chi connectivity index (χ3n) is 5.32. The van der Waals surface area contributed by atoms with Gasteiger partial charge >= 0.3 is 0 Å². The lowest BCUT2D eigenvalue weighted by atomic mass is 9.98. The zero-order valence-corrected chi connectivity index (χ0v) is 17.3. The van der Waals surface area contributed by atoms with E-state index in [9.17, 15) is 9.59 Å². The predicted octanol–water partition coefficient (Wildman–Crippen LogP) is 5.75. The average molecular weight is 440 g/mol. The van der Waals surface area contributed by atoms with E-state index in [4.69, 9.17) is 32.0 Å². The molecule has 5 rings (SSSR count). The molecule has 30 heavy (non-hydrogen) atoms. The zero-order valence-electron chi connectivity index (χ0n) is 15.8. The molecule has 5 nitrogen and oxygen atoms in total. The molecule has 0 spiro atoms. The number of carbonyl (C=O) groups excluding carboxylic acids is 1. The normalized spacial score (nSPS) is 15.8. The first-order chi connectivity index (χ1) is 14.4. The highest BCUT2D eigenvalue weighted by atomic mass is 35.5. The largest absolute Gasteiger partial charge is 0.467 e. The summed E-state index contributed by atoms with van der Waals surface area (Å²) in [7, 11) is 0. The van der Waals surface area contributed by atoms with E-state index in [1.54, 1.807) is 53.6 Å². The van der Waals surface area contributed by atoms with Crippen LogP contribution in [-0.2, 0) is 6.54 Å². The van der Waals surface area contributed by atoms with E-state index in [0.717, 1.165) is 5.56 Å². The van der Waals surface area contributed by atoms with Crippen LogP contribution in [0.3, 0.4) is 0 Å². The minimum atomic E-state index is -0.656. The number of benzene rings is 2. The van der Waals surface area contributed by atoms with Crippen molar-refractivity contribution in [1.29, 1.82) is 0 Å². The Kier molecular flexibility index (Phi) is 4.45. The number of hydrogen-bond donors (Lipinski definition) is 0. The Bertz CT molecular complexity index is 1360. The van der Waals surface area contributed by atoms with Crippen molar-refractivity contribution in [1.82, 2.24) is 4.90 Å². The molecule has 7 heteroatoms. The van der Waals surface area contributed by atoms with Gasteiger partial charge in [0.1, 0.15) is 11.3 Å². The lowest BCUT2D eigenvalue weighted by Crippen LogP contribution is -2.29. The summed E-state index contributed by atoms with van der Waals surface area (Å²) in [5.74, 6) is 0.253. The first-order valence-corrected chi connectivity index (χ1v) is 10.1. The number of furan rings is 1. The van der Waals surface area contributed by atoms with Gasteiger partial charge in [-0.15, -0.1) is 0 Å². The highest BCUT2D eigenvalue weighted by Crippen LogP contribution is 2.40. The number of nitrogens with zero attached hydrogens (tertiary/aromatic N) is 1. The summed E-state index contributed by atoms with van der Waals surface area (Å²) in [6, 6.07) is 13.2. The second-order valence-electron chi connectivity index (χ2n) is 7.24. The van der Waals surface area contributed by atoms with Gasteiger partial charge < -0.3 is 13.7 Å². The number of fused-ring (bicyclic) bond motifs is 2. The number of carbonyl (C=O) groups is 1. The Balaban J connectivity index is 1.77. The van der Waals surface area contributed by atoms with Crippen LogP contribution < -0.4 is 5.43 Å². The summed E-state index contributed by atoms with van der Waals surface area (Å²) in [5, 5.41) is 1.31. The summed E-state index contributed by atoms with van der Waals surface area (Å²) in [6.07, 6.45) is 1.54. The van der Waals surface area contributed by atoms with E-state index in [0.29, 0.717) is 32.3 Å². The van der Waals surface area contributed by atoms with Crippen LogP contribution in [0.2, 0.25) is 10.0 Å². The molecule has 1 amide bonds. The first-order valence-electron chi connectivity index (χ1n) is 9.29. The van der Waals surface area contributed by atoms with Gasteiger partial charge in [-0.1, -0.05) is 35.3 Å². The molecule has 1 aliphatic heterocycles. The molecule has 4 aromatic rings. The van der Waals surface area contributed by atoms with Crippen LogP contribution in [-0.4, -0.2) is 10.8 Å². The molecular formula is C23H15Cl2NO4. The van der Waals surface area contributed by atoms with Crippen LogP contribution in [0.5, 0.6) is 0 Å². The van der Waals surface area contributed by atoms with Crippen molar-refractivity contribution in [2.24, 2.45) is 0 Å². The molecule has 0 saturated heterocycles. The Labute approximate surface area is 181 Å². The quantitative estimate of drug-likeness (QED) is 0.407. The fourth-order valence-corrected chi connectivity index (χ4v) is 4.26. The minimum Gasteiger partial charge on any atom is -0.467 e. The fourth-order valence-electron chi connectivity index (χ4n) is 3.90. The lowest BCUT2D eigenvalue weighted by Gasteiger charge is -2.24. The van der Waals surface area contributed by atoms with Crippen molar-refractivity contribution in [2.45, 2.75) is 19.5 Å². The molecule has 0 aliphatic carbocycles. The first kappa shape index (κ1) is 19.0. The molecule has 150 valence electrons. The van der Waals surface area contributed by atoms with Gasteiger partial charge in [-0.05, 0) is 54.4 Å². The average Bonchev–Trinajstić information content (AvgIpc) is 3.32. The highest BCUT2D eigenvalue weighted by Gasteiger charge is 2.43. The van der Waals surface area contributed by atoms with Crippen molar-refractivity contribution < 1.29 is 13.6 Å². The van der Waals surface area contributed by atoms with Gasteiger partial charge in [-0.25, -0.2) is 0 Å². The van der Waals surface area contributed by atoms with Gasteiger partial charge in [-0.3, -0.25) is 9.59 Å². The van der Waals surface area contributed by atoms with E-state index in [1.165, 1.54) is 0 Å². The molecule has 1 aliphatic rings. The molecule has 1 unspecified atom stereocenters. The maximum Gasteiger partial charge on any atom is 0.291 e. The molecule has 2 aromatic carbocycles. The SMILES string of the molecule is Cc1cc2oc3c(c(=O)c2cc1Cl)C(c1cccc(Cl)c1)N(Cc1ccco1)C3=O. The smallest absolute Gasteiger partial charge is 0.291 e. The van der Waals surface area contributed by atoms with Crippen LogP contribution in [0.15, 0.2) is 68.4 Å². The summed E-state index contributed by atoms with van der Waals surface area (Å²) < 4.78 is 11.4. The van der Waals surface area contributed by atoms with E-state index in [2.05, 4.69) is 0 Å². The van der Waals surface area contributed by atoms with E-state index in [1.807, 2.05) is 13.0 Å². The van der Waals surface area contributed by atoms with Crippen LogP contribution in [0.25, 0.3) is 11.0 Å². The zero-order chi connectivity index (χ0) is 21.0. The van der Waals surface area contributed by atoms with E-state index >= 15 is 0 Å². The topological polar surface area (TPSA) is 63.7 Å². The Morgan fingerprint density at radius 1 is 1.07 bits per heavy atom. The monoisotopic (exact) mass is 439 g/mol. The minimum absolute atomic E-state index is 0.0331. The van der Waals surface area contributed by atoms with E-state index in [-0.39, 0.29) is 29.2 Å². The van der Waals surface area contributed by atoms with Gasteiger partial charge in [0.25, 0.3) is 5.91 Å². The van der Waals surface area contributed by atoms with Gasteiger partial charge in [-0.2, -0.15) is 0 Å². The maximum absolute atomic E-state index is 13.5. The molecule has 0 saturated carbocycles. The molecule has 0 fully saturated rings. The van der Waals surface area contributed by atoms with E-state index < -0.39 is 6.04 Å². The number of rotatable bonds is 3. The summed E-state index contributed by atoms with van der Waals surface area (Å²) in [5.41, 5.74) is 1.80. The van der Waals surface area contributed by atoms with Crippen molar-refractivity contribution >= 4 is 40.1 Å². The summed E-state index contributed by atoms with van der Waals surface area (Å²) in [4.78, 5) is 28.4. The van der Waals surface area contributed by atoms with Crippen molar-refractivity contribution in [3.63, 3.8) is 0 Å². The second-order valence-corrected chi connectivity index (χ2v) is 8.09. The van der Waals surface area contributed by atoms with Crippen LogP contribution in [0, 0.1) is 6.92 Å². The van der Waals surface area contributed by atoms with Crippen molar-refractivity contribution in [2.75, 3.05) is 0 Å². The molecule has 0 bridgehead atoms. The Hall–Kier alpha value is -3.02. The van der Waals surface area contributed by atoms with Gasteiger partial charge in [0.05, 0.1) is 29.8 Å². The Morgan fingerprint density at radius 2 is 1.90 bits per heavy atom. The van der Waals surface area contributed by atoms with Crippen LogP contribution >= 0.6 is 23.2 Å². The Morgan fingerprint density at radius 3 is 2.63 bits per heavy atom. The summed E-state index contributed by atoms with van der Waals surface area (Å²) in [6.45, 7) is 2.00. The highest BCUT2D eigenvalue weighted by molar-refractivity contribution is 6.32. The number of amides is 1. The molecular weight excluding hydrogens is 425 g/mol. The second kappa shape index (κ2) is 7.04. The number of halogens is 2. The molecule has 0 N–H and O–H groups in total. The fraction of sp³-hybridized carbons (Fsp3) is 0.130. The third-order valence-corrected chi connectivity index (χ3v) is 5.96. The molecule has 3 heterocycles. The van der Waals surface area contributed by atoms with Gasteiger partial charge in [0.15, 0.2) is 5.43 Å². The lowest BCUT2D eigenvalue weighted by molar-refractivity contribution is 0.0701. The summed E-state index contributed by atoms with van der Waals surface area (Å²) >= 11 is 12.5. The predicted molar refractivity (Wildman–Crippen MR) is 114 cm³/mol. The molecule has 0 radical (unpaired) electrons. The van der Waals surface area contributed by atoms with Crippen LogP contribution in [0.4, 0.5) is 0 Å². The maximum atomic E-state index is 13.5.